The molecule has 0 bridgehead atoms. The van der Waals surface area contributed by atoms with Crippen LogP contribution in [0.1, 0.15) is 35.4 Å². The summed E-state index contributed by atoms with van der Waals surface area (Å²) in [5, 5.41) is 0. The van der Waals surface area contributed by atoms with Crippen LogP contribution in [0.5, 0.6) is 0 Å². The molecular formula is C20H26N2. The van der Waals surface area contributed by atoms with Gasteiger partial charge in [0.25, 0.3) is 0 Å². The third-order valence-corrected chi connectivity index (χ3v) is 4.72. The molecule has 0 aromatic heterocycles. The van der Waals surface area contributed by atoms with Crippen molar-refractivity contribution in [1.82, 2.24) is 4.90 Å². The van der Waals surface area contributed by atoms with Crippen molar-refractivity contribution >= 4 is 0 Å². The third-order valence-electron chi connectivity index (χ3n) is 4.72. The van der Waals surface area contributed by atoms with Crippen LogP contribution in [0.3, 0.4) is 0 Å². The van der Waals surface area contributed by atoms with E-state index in [0.29, 0.717) is 0 Å². The minimum atomic E-state index is 0.729. The van der Waals surface area contributed by atoms with Crippen molar-refractivity contribution in [3.63, 3.8) is 0 Å². The first-order chi connectivity index (χ1) is 10.8. The Balaban J connectivity index is 1.51. The highest BCUT2D eigenvalue weighted by Crippen LogP contribution is 2.28. The van der Waals surface area contributed by atoms with Gasteiger partial charge in [0.2, 0.25) is 0 Å². The molecular weight excluding hydrogens is 268 g/mol. The molecule has 2 heteroatoms. The molecule has 0 spiro atoms. The molecule has 0 aliphatic carbocycles. The summed E-state index contributed by atoms with van der Waals surface area (Å²) in [4.78, 5) is 2.58. The number of benzene rings is 2. The van der Waals surface area contributed by atoms with Gasteiger partial charge in [-0.25, -0.2) is 0 Å². The lowest BCUT2D eigenvalue weighted by molar-refractivity contribution is 0.204. The largest absolute Gasteiger partial charge is 0.330 e. The summed E-state index contributed by atoms with van der Waals surface area (Å²) < 4.78 is 0. The standard InChI is InChI=1S/C20H26N2/c21-13-10-17-6-8-18(9-7-17)16-22-14-11-20(12-15-22)19-4-2-1-3-5-19/h1-9,20H,10-16,21H2. The lowest BCUT2D eigenvalue weighted by atomic mass is 9.89. The molecule has 2 aromatic carbocycles. The monoisotopic (exact) mass is 294 g/mol. The molecule has 0 radical (unpaired) electrons. The van der Waals surface area contributed by atoms with Crippen LogP contribution in [-0.4, -0.2) is 24.5 Å². The number of rotatable bonds is 5. The summed E-state index contributed by atoms with van der Waals surface area (Å²) in [6.07, 6.45) is 3.52. The number of nitrogens with two attached hydrogens (primary N) is 1. The highest BCUT2D eigenvalue weighted by Gasteiger charge is 2.20. The van der Waals surface area contributed by atoms with Crippen LogP contribution in [0.15, 0.2) is 54.6 Å². The molecule has 0 saturated carbocycles. The number of piperidine rings is 1. The van der Waals surface area contributed by atoms with Crippen molar-refractivity contribution in [2.45, 2.75) is 31.7 Å². The fraction of sp³-hybridized carbons (Fsp3) is 0.400. The smallest absolute Gasteiger partial charge is 0.0233 e. The Bertz CT molecular complexity index is 554. The topological polar surface area (TPSA) is 29.3 Å². The highest BCUT2D eigenvalue weighted by molar-refractivity contribution is 5.23. The fourth-order valence-corrected chi connectivity index (χ4v) is 3.39. The van der Waals surface area contributed by atoms with E-state index in [0.717, 1.165) is 25.4 Å². The molecule has 0 unspecified atom stereocenters. The zero-order chi connectivity index (χ0) is 15.2. The van der Waals surface area contributed by atoms with Gasteiger partial charge < -0.3 is 5.73 Å². The lowest BCUT2D eigenvalue weighted by Gasteiger charge is -2.32. The average molecular weight is 294 g/mol. The van der Waals surface area contributed by atoms with E-state index < -0.39 is 0 Å². The third kappa shape index (κ3) is 3.96. The Labute approximate surface area is 134 Å². The van der Waals surface area contributed by atoms with Crippen LogP contribution in [0, 0.1) is 0 Å². The summed E-state index contributed by atoms with van der Waals surface area (Å²) >= 11 is 0. The van der Waals surface area contributed by atoms with Gasteiger partial charge in [-0.15, -0.1) is 0 Å². The number of nitrogens with zero attached hydrogens (tertiary/aromatic N) is 1. The first-order valence-electron chi connectivity index (χ1n) is 8.40. The van der Waals surface area contributed by atoms with E-state index in [4.69, 9.17) is 5.73 Å². The van der Waals surface area contributed by atoms with Crippen LogP contribution in [0.4, 0.5) is 0 Å². The van der Waals surface area contributed by atoms with E-state index >= 15 is 0 Å². The number of hydrogen-bond donors (Lipinski definition) is 1. The molecule has 1 fully saturated rings. The Kier molecular flexibility index (Phi) is 5.25. The zero-order valence-electron chi connectivity index (χ0n) is 13.2. The maximum absolute atomic E-state index is 5.60. The van der Waals surface area contributed by atoms with Crippen LogP contribution < -0.4 is 5.73 Å². The molecule has 3 rings (SSSR count). The Morgan fingerprint density at radius 3 is 2.14 bits per heavy atom. The van der Waals surface area contributed by atoms with Gasteiger partial charge in [0.05, 0.1) is 0 Å². The van der Waals surface area contributed by atoms with Gasteiger partial charge in [-0.3, -0.25) is 4.90 Å². The lowest BCUT2D eigenvalue weighted by Crippen LogP contribution is -2.32. The van der Waals surface area contributed by atoms with Gasteiger partial charge in [-0.2, -0.15) is 0 Å². The average Bonchev–Trinajstić information content (AvgIpc) is 2.58. The van der Waals surface area contributed by atoms with Crippen molar-refractivity contribution < 1.29 is 0 Å². The molecule has 0 atom stereocenters. The molecule has 2 aromatic rings. The van der Waals surface area contributed by atoms with Crippen molar-refractivity contribution in [2.24, 2.45) is 5.73 Å². The van der Waals surface area contributed by atoms with Crippen LogP contribution in [0.25, 0.3) is 0 Å². The maximum atomic E-state index is 5.60. The normalized spacial score (nSPS) is 16.8. The predicted molar refractivity (Wildman–Crippen MR) is 92.9 cm³/mol. The second-order valence-electron chi connectivity index (χ2n) is 6.32. The maximum Gasteiger partial charge on any atom is 0.0233 e. The van der Waals surface area contributed by atoms with Crippen LogP contribution >= 0.6 is 0 Å². The summed E-state index contributed by atoms with van der Waals surface area (Å²) in [6.45, 7) is 4.20. The van der Waals surface area contributed by atoms with E-state index in [2.05, 4.69) is 59.5 Å². The Morgan fingerprint density at radius 1 is 0.864 bits per heavy atom. The first-order valence-corrected chi connectivity index (χ1v) is 8.40. The molecule has 2 N–H and O–H groups in total. The molecule has 2 nitrogen and oxygen atoms in total. The van der Waals surface area contributed by atoms with Gasteiger partial charge in [0.15, 0.2) is 0 Å². The van der Waals surface area contributed by atoms with E-state index in [1.165, 1.54) is 42.6 Å². The second kappa shape index (κ2) is 7.57. The van der Waals surface area contributed by atoms with Crippen molar-refractivity contribution in [3.05, 3.63) is 71.3 Å². The van der Waals surface area contributed by atoms with Crippen molar-refractivity contribution in [1.29, 1.82) is 0 Å². The van der Waals surface area contributed by atoms with Gasteiger partial charge in [-0.1, -0.05) is 54.6 Å². The molecule has 1 aliphatic heterocycles. The SMILES string of the molecule is NCCc1ccc(CN2CCC(c3ccccc3)CC2)cc1. The number of likely N-dealkylation sites (tertiary alicyclic amines) is 1. The Morgan fingerprint density at radius 2 is 1.50 bits per heavy atom. The van der Waals surface area contributed by atoms with E-state index in [1.54, 1.807) is 0 Å². The van der Waals surface area contributed by atoms with Crippen molar-refractivity contribution in [3.8, 4) is 0 Å². The molecule has 1 saturated heterocycles. The fourth-order valence-electron chi connectivity index (χ4n) is 3.39. The zero-order valence-corrected chi connectivity index (χ0v) is 13.2. The molecule has 1 heterocycles. The van der Waals surface area contributed by atoms with Gasteiger partial charge in [-0.05, 0) is 61.5 Å². The summed E-state index contributed by atoms with van der Waals surface area (Å²) in [6, 6.07) is 19.9. The minimum Gasteiger partial charge on any atom is -0.330 e. The van der Waals surface area contributed by atoms with Crippen LogP contribution in [0.2, 0.25) is 0 Å². The minimum absolute atomic E-state index is 0.729. The summed E-state index contributed by atoms with van der Waals surface area (Å²) in [5.41, 5.74) is 9.87. The van der Waals surface area contributed by atoms with Gasteiger partial charge >= 0.3 is 0 Å². The summed E-state index contributed by atoms with van der Waals surface area (Å²) in [7, 11) is 0. The van der Waals surface area contributed by atoms with Crippen molar-refractivity contribution in [2.75, 3.05) is 19.6 Å². The number of hydrogen-bond acceptors (Lipinski definition) is 2. The molecule has 0 amide bonds. The summed E-state index contributed by atoms with van der Waals surface area (Å²) in [5.74, 6) is 0.740. The Hall–Kier alpha value is -1.64. The van der Waals surface area contributed by atoms with Gasteiger partial charge in [0.1, 0.15) is 0 Å². The second-order valence-corrected chi connectivity index (χ2v) is 6.32. The first kappa shape index (κ1) is 15.3. The molecule has 22 heavy (non-hydrogen) atoms. The van der Waals surface area contributed by atoms with E-state index in [1.807, 2.05) is 0 Å². The molecule has 1 aliphatic rings. The highest BCUT2D eigenvalue weighted by atomic mass is 15.1. The van der Waals surface area contributed by atoms with E-state index in [-0.39, 0.29) is 0 Å². The molecule has 116 valence electrons. The predicted octanol–water partition coefficient (Wildman–Crippen LogP) is 3.57. The van der Waals surface area contributed by atoms with Crippen LogP contribution in [-0.2, 0) is 13.0 Å². The van der Waals surface area contributed by atoms with E-state index in [9.17, 15) is 0 Å². The van der Waals surface area contributed by atoms with Gasteiger partial charge in [0, 0.05) is 6.54 Å². The quantitative estimate of drug-likeness (QED) is 0.913.